The van der Waals surface area contributed by atoms with E-state index >= 15 is 0 Å². The van der Waals surface area contributed by atoms with E-state index in [-0.39, 0.29) is 31.9 Å². The van der Waals surface area contributed by atoms with Gasteiger partial charge in [0, 0.05) is 66.8 Å². The van der Waals surface area contributed by atoms with E-state index in [1.807, 2.05) is 12.3 Å². The third kappa shape index (κ3) is 9.57. The van der Waals surface area contributed by atoms with Crippen LogP contribution in [0.3, 0.4) is 0 Å². The number of fused-ring (bicyclic) bond motifs is 4. The molecule has 5 nitrogen and oxygen atoms in total. The molecule has 386 valence electrons. The zero-order valence-electron chi connectivity index (χ0n) is 45.6. The molecule has 0 bridgehead atoms. The summed E-state index contributed by atoms with van der Waals surface area (Å²) in [4.78, 5) is 9.60. The largest absolute Gasteiger partial charge is 0.509 e. The van der Waals surface area contributed by atoms with E-state index in [1.165, 1.54) is 44.5 Å². The molecule has 0 radical (unpaired) electrons. The summed E-state index contributed by atoms with van der Waals surface area (Å²) >= 11 is 0. The van der Waals surface area contributed by atoms with Gasteiger partial charge < -0.3 is 19.1 Å². The Morgan fingerprint density at radius 3 is 1.80 bits per heavy atom. The van der Waals surface area contributed by atoms with E-state index < -0.39 is 5.41 Å². The number of para-hydroxylation sites is 1. The molecule has 11 rings (SSSR count). The minimum atomic E-state index is -0.406. The summed E-state index contributed by atoms with van der Waals surface area (Å²) in [5.41, 5.74) is 16.6. The van der Waals surface area contributed by atoms with Gasteiger partial charge in [0.25, 0.3) is 0 Å². The Morgan fingerprint density at radius 2 is 1.13 bits per heavy atom. The fourth-order valence-electron chi connectivity index (χ4n) is 11.1. The van der Waals surface area contributed by atoms with Crippen LogP contribution in [0.5, 0.6) is 11.5 Å². The van der Waals surface area contributed by atoms with Crippen LogP contribution in [0.2, 0.25) is 0 Å². The monoisotopic (exact) mass is 1170 g/mol. The van der Waals surface area contributed by atoms with Crippen LogP contribution in [0.15, 0.2) is 188 Å². The summed E-state index contributed by atoms with van der Waals surface area (Å²) < 4.78 is 9.32. The van der Waals surface area contributed by atoms with Crippen molar-refractivity contribution in [2.45, 2.75) is 104 Å². The third-order valence-corrected chi connectivity index (χ3v) is 15.7. The Kier molecular flexibility index (Phi) is 14.0. The number of nitrogens with zero attached hydrogens (tertiary/aromatic N) is 4. The van der Waals surface area contributed by atoms with Gasteiger partial charge in [-0.25, -0.2) is 4.98 Å². The first-order valence-corrected chi connectivity index (χ1v) is 26.6. The number of rotatable bonds is 12. The van der Waals surface area contributed by atoms with Crippen LogP contribution < -0.4 is 14.5 Å². The van der Waals surface area contributed by atoms with E-state index in [2.05, 4.69) is 285 Å². The van der Waals surface area contributed by atoms with E-state index in [9.17, 15) is 0 Å². The maximum absolute atomic E-state index is 7.10. The van der Waals surface area contributed by atoms with Crippen LogP contribution in [-0.4, -0.2) is 9.55 Å². The van der Waals surface area contributed by atoms with Crippen LogP contribution in [0.4, 0.5) is 22.7 Å². The second-order valence-corrected chi connectivity index (χ2v) is 23.0. The molecule has 0 spiro atoms. The second-order valence-electron chi connectivity index (χ2n) is 23.0. The predicted octanol–water partition coefficient (Wildman–Crippen LogP) is 18.8. The summed E-state index contributed by atoms with van der Waals surface area (Å²) in [6.07, 6.45) is 1.92. The smallest absolute Gasteiger partial charge is 0.135 e. The van der Waals surface area contributed by atoms with Crippen molar-refractivity contribution in [3.63, 3.8) is 0 Å². The molecule has 0 fully saturated rings. The molecule has 3 heterocycles. The number of hydrogen-bond donors (Lipinski definition) is 0. The van der Waals surface area contributed by atoms with Crippen LogP contribution in [-0.2, 0) is 37.3 Å². The first kappa shape index (κ1) is 52.2. The van der Waals surface area contributed by atoms with Crippen LogP contribution in [0.25, 0.3) is 38.8 Å². The molecular formula is C70H67N4OPt-3. The molecule has 10 aromatic rings. The van der Waals surface area contributed by atoms with E-state index in [0.29, 0.717) is 23.3 Å². The molecular weight excluding hydrogens is 1110 g/mol. The minimum absolute atomic E-state index is 0. The predicted molar refractivity (Wildman–Crippen MR) is 314 cm³/mol. The van der Waals surface area contributed by atoms with Crippen molar-refractivity contribution >= 4 is 44.6 Å². The van der Waals surface area contributed by atoms with Crippen LogP contribution >= 0.6 is 0 Å². The molecule has 0 amide bonds. The summed E-state index contributed by atoms with van der Waals surface area (Å²) in [5, 5.41) is 2.22. The fraction of sp³-hybridized carbons (Fsp3) is 0.229. The van der Waals surface area contributed by atoms with Crippen molar-refractivity contribution in [1.29, 1.82) is 0 Å². The normalized spacial score (nSPS) is 13.0. The molecule has 1 aliphatic heterocycles. The van der Waals surface area contributed by atoms with Crippen molar-refractivity contribution < 1.29 is 25.8 Å². The maximum Gasteiger partial charge on any atom is 0.135 e. The summed E-state index contributed by atoms with van der Waals surface area (Å²) in [6.45, 7) is 27.4. The summed E-state index contributed by atoms with van der Waals surface area (Å²) in [6, 6.07) is 73.5. The molecule has 6 heteroatoms. The zero-order valence-corrected chi connectivity index (χ0v) is 47.9. The third-order valence-electron chi connectivity index (χ3n) is 15.7. The first-order chi connectivity index (χ1) is 36.0. The maximum atomic E-state index is 7.10. The zero-order chi connectivity index (χ0) is 52.4. The van der Waals surface area contributed by atoms with E-state index in [4.69, 9.17) is 9.72 Å². The SMILES string of the molecule is CC(C)c1cccc(C(C)C)c1-c1ccc2c(c1)N(c1[c-]c(Oc3[c-]c4c(cc3)c3ccccc3n4-c3cc(C(C)(C)C)ccn3)cc(C(C)(C)c3ccccc3)c1)[CH-]N2c1cccc(C(C)(C)c2ccccc2)c1.[Pt]. The molecule has 0 aliphatic carbocycles. The number of ether oxygens (including phenoxy) is 1. The minimum Gasteiger partial charge on any atom is -0.509 e. The molecule has 8 aromatic carbocycles. The molecule has 0 N–H and O–H groups in total. The quantitative estimate of drug-likeness (QED) is 0.114. The van der Waals surface area contributed by atoms with Crippen molar-refractivity contribution in [3.05, 3.63) is 246 Å². The summed E-state index contributed by atoms with van der Waals surface area (Å²) in [5.74, 6) is 2.72. The molecule has 1 aliphatic rings. The van der Waals surface area contributed by atoms with Gasteiger partial charge in [-0.3, -0.25) is 0 Å². The van der Waals surface area contributed by atoms with Gasteiger partial charge in [-0.05, 0) is 115 Å². The fourth-order valence-corrected chi connectivity index (χ4v) is 11.1. The Labute approximate surface area is 465 Å². The van der Waals surface area contributed by atoms with Crippen LogP contribution in [0, 0.1) is 18.8 Å². The van der Waals surface area contributed by atoms with Crippen molar-refractivity contribution in [3.8, 4) is 28.4 Å². The summed E-state index contributed by atoms with van der Waals surface area (Å²) in [7, 11) is 0. The van der Waals surface area contributed by atoms with Crippen LogP contribution in [0.1, 0.15) is 127 Å². The van der Waals surface area contributed by atoms with Gasteiger partial charge in [-0.2, -0.15) is 6.07 Å². The van der Waals surface area contributed by atoms with Crippen molar-refractivity contribution in [1.82, 2.24) is 9.55 Å². The van der Waals surface area contributed by atoms with Gasteiger partial charge in [-0.15, -0.1) is 53.6 Å². The van der Waals surface area contributed by atoms with Gasteiger partial charge in [0.1, 0.15) is 5.82 Å². The Balaban J connectivity index is 0.00000657. The Hall–Kier alpha value is -7.20. The Morgan fingerprint density at radius 1 is 0.500 bits per heavy atom. The molecule has 0 saturated heterocycles. The average molecular weight is 1180 g/mol. The molecule has 0 saturated carbocycles. The Bertz CT molecular complexity index is 3710. The number of anilines is 4. The number of hydrogen-bond acceptors (Lipinski definition) is 4. The van der Waals surface area contributed by atoms with Gasteiger partial charge in [0.15, 0.2) is 0 Å². The standard InChI is InChI=1S/C70H67N4O.Pt/c1-46(2)58-29-21-30-59(47(3)4)67(58)48-32-35-63-65(38-48)73(45-72(63)54-27-20-26-52(39-54)69(8,9)49-22-14-12-15-23-49)55-40-53(70(10,11)50-24-16-13-17-25-50)41-57(43-55)75-56-33-34-61-60-28-18-19-31-62(60)74(64(61)44-56)66-42-51(36-37-71-66)68(5,6)7;/h12-42,45-47H,1-11H3;/q-3;. The van der Waals surface area contributed by atoms with Gasteiger partial charge in [0.2, 0.25) is 0 Å². The van der Waals surface area contributed by atoms with Crippen molar-refractivity contribution in [2.75, 3.05) is 9.80 Å². The van der Waals surface area contributed by atoms with Gasteiger partial charge in [-0.1, -0.05) is 197 Å². The average Bonchev–Trinajstić information content (AvgIpc) is 3.97. The molecule has 0 unspecified atom stereocenters. The molecule has 0 atom stereocenters. The van der Waals surface area contributed by atoms with E-state index in [0.717, 1.165) is 55.9 Å². The van der Waals surface area contributed by atoms with Gasteiger partial charge in [0.05, 0.1) is 0 Å². The number of aromatic nitrogens is 2. The van der Waals surface area contributed by atoms with E-state index in [1.54, 1.807) is 0 Å². The number of pyridine rings is 1. The number of benzene rings is 8. The first-order valence-electron chi connectivity index (χ1n) is 26.6. The second kappa shape index (κ2) is 20.4. The van der Waals surface area contributed by atoms with Crippen molar-refractivity contribution in [2.24, 2.45) is 0 Å². The molecule has 76 heavy (non-hydrogen) atoms. The molecule has 2 aromatic heterocycles. The topological polar surface area (TPSA) is 33.5 Å². The van der Waals surface area contributed by atoms with Gasteiger partial charge >= 0.3 is 0 Å².